The molecule has 0 saturated carbocycles. The van der Waals surface area contributed by atoms with E-state index in [0.29, 0.717) is 34.5 Å². The number of alkyl halides is 2. The Hall–Kier alpha value is -0.660. The van der Waals surface area contributed by atoms with Crippen LogP contribution in [0.2, 0.25) is 0 Å². The molecule has 1 fully saturated rings. The average molecular weight is 279 g/mol. The fraction of sp³-hybridized carbons (Fsp3) is 0.500. The van der Waals surface area contributed by atoms with Crippen LogP contribution >= 0.6 is 23.1 Å². The second-order valence-corrected chi connectivity index (χ2v) is 5.63. The zero-order chi connectivity index (χ0) is 12.4. The number of thioether (sulfide) groups is 1. The van der Waals surface area contributed by atoms with Gasteiger partial charge in [-0.05, 0) is 17.9 Å². The van der Waals surface area contributed by atoms with Gasteiger partial charge in [0.05, 0.1) is 6.10 Å². The number of amides is 1. The number of hydrogen-bond donors (Lipinski definition) is 1. The summed E-state index contributed by atoms with van der Waals surface area (Å²) in [7, 11) is 0. The predicted octanol–water partition coefficient (Wildman–Crippen LogP) is 2.27. The van der Waals surface area contributed by atoms with Crippen molar-refractivity contribution in [2.24, 2.45) is 0 Å². The number of rotatable bonds is 3. The second kappa shape index (κ2) is 5.32. The molecule has 3 nitrogen and oxygen atoms in total. The van der Waals surface area contributed by atoms with Gasteiger partial charge in [0.2, 0.25) is 0 Å². The number of thiophene rings is 1. The highest BCUT2D eigenvalue weighted by Crippen LogP contribution is 2.33. The Labute approximate surface area is 105 Å². The number of β-amino-alcohol motifs (C(OH)–C–C–N with tert-alkyl or cyclic N) is 1. The van der Waals surface area contributed by atoms with E-state index in [2.05, 4.69) is 0 Å². The standard InChI is InChI=1S/C10H11F2NO2S2/c11-10(12)17-7-2-4-16-8(7)9(15)13-3-1-6(14)5-13/h2,4,6,10,14H,1,3,5H2/t6-/m1/s1. The van der Waals surface area contributed by atoms with E-state index in [1.165, 1.54) is 11.0 Å². The van der Waals surface area contributed by atoms with Crippen LogP contribution in [0.1, 0.15) is 16.1 Å². The molecule has 1 N–H and O–H groups in total. The Bertz CT molecular complexity index is 411. The first-order valence-electron chi connectivity index (χ1n) is 5.07. The quantitative estimate of drug-likeness (QED) is 0.863. The molecule has 1 amide bonds. The van der Waals surface area contributed by atoms with Crippen LogP contribution in [-0.4, -0.2) is 40.9 Å². The lowest BCUT2D eigenvalue weighted by molar-refractivity contribution is 0.0766. The Morgan fingerprint density at radius 1 is 1.65 bits per heavy atom. The zero-order valence-electron chi connectivity index (χ0n) is 8.81. The molecule has 0 spiro atoms. The van der Waals surface area contributed by atoms with Crippen molar-refractivity contribution in [3.63, 3.8) is 0 Å². The first-order valence-corrected chi connectivity index (χ1v) is 6.83. The molecule has 1 atom stereocenters. The van der Waals surface area contributed by atoms with E-state index < -0.39 is 11.9 Å². The van der Waals surface area contributed by atoms with Crippen LogP contribution in [0.3, 0.4) is 0 Å². The molecule has 0 radical (unpaired) electrons. The van der Waals surface area contributed by atoms with E-state index >= 15 is 0 Å². The van der Waals surface area contributed by atoms with Gasteiger partial charge in [-0.3, -0.25) is 4.79 Å². The van der Waals surface area contributed by atoms with Crippen LogP contribution < -0.4 is 0 Å². The van der Waals surface area contributed by atoms with Crippen molar-refractivity contribution in [2.75, 3.05) is 13.1 Å². The van der Waals surface area contributed by atoms with Crippen molar-refractivity contribution in [2.45, 2.75) is 23.2 Å². The Kier molecular flexibility index (Phi) is 4.01. The lowest BCUT2D eigenvalue weighted by atomic mass is 10.3. The molecule has 2 rings (SSSR count). The first kappa shape index (κ1) is 12.8. The largest absolute Gasteiger partial charge is 0.391 e. The van der Waals surface area contributed by atoms with E-state index in [0.717, 1.165) is 11.3 Å². The van der Waals surface area contributed by atoms with Crippen LogP contribution in [-0.2, 0) is 0 Å². The summed E-state index contributed by atoms with van der Waals surface area (Å²) in [6.45, 7) is 0.770. The van der Waals surface area contributed by atoms with Crippen molar-refractivity contribution < 1.29 is 18.7 Å². The van der Waals surface area contributed by atoms with Crippen LogP contribution in [0, 0.1) is 0 Å². The normalized spacial score (nSPS) is 20.2. The molecule has 1 aromatic rings. The molecule has 0 bridgehead atoms. The van der Waals surface area contributed by atoms with E-state index in [9.17, 15) is 18.7 Å². The highest BCUT2D eigenvalue weighted by atomic mass is 32.2. The summed E-state index contributed by atoms with van der Waals surface area (Å²) in [6, 6.07) is 1.53. The third-order valence-corrected chi connectivity index (χ3v) is 4.29. The molecule has 1 aliphatic heterocycles. The van der Waals surface area contributed by atoms with Gasteiger partial charge in [0.15, 0.2) is 0 Å². The van der Waals surface area contributed by atoms with Crippen molar-refractivity contribution in [3.8, 4) is 0 Å². The maximum absolute atomic E-state index is 12.3. The maximum Gasteiger partial charge on any atom is 0.288 e. The molecule has 0 unspecified atom stereocenters. The molecule has 1 saturated heterocycles. The van der Waals surface area contributed by atoms with Crippen molar-refractivity contribution in [3.05, 3.63) is 16.3 Å². The SMILES string of the molecule is O=C(c1sccc1SC(F)F)N1CC[C@@H](O)C1. The summed E-state index contributed by atoms with van der Waals surface area (Å²) in [5.41, 5.74) is 0. The van der Waals surface area contributed by atoms with Crippen LogP contribution in [0.4, 0.5) is 8.78 Å². The number of likely N-dealkylation sites (tertiary alicyclic amines) is 1. The van der Waals surface area contributed by atoms with Gasteiger partial charge >= 0.3 is 0 Å². The highest BCUT2D eigenvalue weighted by molar-refractivity contribution is 7.99. The van der Waals surface area contributed by atoms with E-state index in [1.807, 2.05) is 0 Å². The molecule has 7 heteroatoms. The van der Waals surface area contributed by atoms with Gasteiger partial charge in [0, 0.05) is 18.0 Å². The van der Waals surface area contributed by atoms with Crippen LogP contribution in [0.5, 0.6) is 0 Å². The summed E-state index contributed by atoms with van der Waals surface area (Å²) < 4.78 is 24.6. The summed E-state index contributed by atoms with van der Waals surface area (Å²) in [6.07, 6.45) is 0.0548. The lowest BCUT2D eigenvalue weighted by Gasteiger charge is -2.15. The van der Waals surface area contributed by atoms with Crippen LogP contribution in [0.15, 0.2) is 16.3 Å². The van der Waals surface area contributed by atoms with Gasteiger partial charge in [-0.15, -0.1) is 11.3 Å². The second-order valence-electron chi connectivity index (χ2n) is 3.69. The fourth-order valence-corrected chi connectivity index (χ4v) is 3.37. The van der Waals surface area contributed by atoms with E-state index in [4.69, 9.17) is 0 Å². The van der Waals surface area contributed by atoms with Gasteiger partial charge in [0.1, 0.15) is 4.88 Å². The minimum absolute atomic E-state index is 0.264. The molecule has 1 aromatic heterocycles. The summed E-state index contributed by atoms with van der Waals surface area (Å²) >= 11 is 1.55. The number of halogens is 2. The van der Waals surface area contributed by atoms with Gasteiger partial charge in [-0.25, -0.2) is 0 Å². The van der Waals surface area contributed by atoms with Gasteiger partial charge < -0.3 is 10.0 Å². The minimum Gasteiger partial charge on any atom is -0.391 e. The summed E-state index contributed by atoms with van der Waals surface area (Å²) in [5.74, 6) is -2.79. The van der Waals surface area contributed by atoms with Crippen molar-refractivity contribution in [1.82, 2.24) is 4.90 Å². The lowest BCUT2D eigenvalue weighted by Crippen LogP contribution is -2.29. The monoisotopic (exact) mass is 279 g/mol. The molecular formula is C10H11F2NO2S2. The third kappa shape index (κ3) is 2.97. The van der Waals surface area contributed by atoms with Gasteiger partial charge in [-0.2, -0.15) is 8.78 Å². The molecule has 94 valence electrons. The van der Waals surface area contributed by atoms with Gasteiger partial charge in [-0.1, -0.05) is 11.8 Å². The smallest absolute Gasteiger partial charge is 0.288 e. The highest BCUT2D eigenvalue weighted by Gasteiger charge is 2.28. The molecule has 0 aromatic carbocycles. The van der Waals surface area contributed by atoms with Crippen molar-refractivity contribution in [1.29, 1.82) is 0 Å². The van der Waals surface area contributed by atoms with E-state index in [1.54, 1.807) is 5.38 Å². The third-order valence-electron chi connectivity index (χ3n) is 2.49. The number of aliphatic hydroxyl groups is 1. The first-order chi connectivity index (χ1) is 8.08. The molecular weight excluding hydrogens is 268 g/mol. The van der Waals surface area contributed by atoms with Crippen molar-refractivity contribution >= 4 is 29.0 Å². The Morgan fingerprint density at radius 3 is 3.00 bits per heavy atom. The van der Waals surface area contributed by atoms with Gasteiger partial charge in [0.25, 0.3) is 11.7 Å². The number of nitrogens with zero attached hydrogens (tertiary/aromatic N) is 1. The predicted molar refractivity (Wildman–Crippen MR) is 62.7 cm³/mol. The Morgan fingerprint density at radius 2 is 2.41 bits per heavy atom. The topological polar surface area (TPSA) is 40.5 Å². The molecule has 2 heterocycles. The average Bonchev–Trinajstić information content (AvgIpc) is 2.85. The number of aliphatic hydroxyl groups excluding tert-OH is 1. The van der Waals surface area contributed by atoms with E-state index in [-0.39, 0.29) is 12.5 Å². The fourth-order valence-electron chi connectivity index (χ4n) is 1.71. The molecule has 1 aliphatic rings. The minimum atomic E-state index is -2.53. The van der Waals surface area contributed by atoms with Crippen LogP contribution in [0.25, 0.3) is 0 Å². The summed E-state index contributed by atoms with van der Waals surface area (Å²) in [4.78, 5) is 14.2. The Balaban J connectivity index is 2.11. The zero-order valence-corrected chi connectivity index (χ0v) is 10.4. The number of carbonyl (C=O) groups is 1. The number of hydrogen-bond acceptors (Lipinski definition) is 4. The molecule has 0 aliphatic carbocycles. The summed E-state index contributed by atoms with van der Waals surface area (Å²) in [5, 5.41) is 11.0. The molecule has 17 heavy (non-hydrogen) atoms. The number of carbonyl (C=O) groups excluding carboxylic acids is 1. The maximum atomic E-state index is 12.3.